The van der Waals surface area contributed by atoms with Crippen LogP contribution in [0, 0.1) is 5.92 Å². The summed E-state index contributed by atoms with van der Waals surface area (Å²) in [5.41, 5.74) is -0.152. The summed E-state index contributed by atoms with van der Waals surface area (Å²) in [7, 11) is 0. The number of nitrogens with zero attached hydrogens (tertiary/aromatic N) is 5. The maximum Gasteiger partial charge on any atom is 0.433 e. The van der Waals surface area contributed by atoms with Crippen LogP contribution in [0.2, 0.25) is 0 Å². The zero-order chi connectivity index (χ0) is 30.3. The van der Waals surface area contributed by atoms with Crippen LogP contribution < -0.4 is 15.5 Å². The number of anilines is 4. The second-order valence-corrected chi connectivity index (χ2v) is 10.3. The SMILES string of the molecule is CCc1c(CCN(CC)c2ncccc2C(F)(F)F)nc(NCC2CCCCC2)nc1Nc1ccc(C(F)(F)F)nc1. The number of hydrogen-bond donors (Lipinski definition) is 2. The molecule has 7 nitrogen and oxygen atoms in total. The van der Waals surface area contributed by atoms with Crippen molar-refractivity contribution < 1.29 is 26.3 Å². The number of likely N-dealkylation sites (N-methyl/N-ethyl adjacent to an activating group) is 1. The molecule has 1 aliphatic carbocycles. The van der Waals surface area contributed by atoms with Gasteiger partial charge >= 0.3 is 12.4 Å². The Bertz CT molecular complexity index is 1310. The quantitative estimate of drug-likeness (QED) is 0.220. The average molecular weight is 596 g/mol. The molecule has 0 radical (unpaired) electrons. The third kappa shape index (κ3) is 8.01. The van der Waals surface area contributed by atoms with Gasteiger partial charge in [0.1, 0.15) is 17.3 Å². The first kappa shape index (κ1) is 31.3. The molecule has 1 aliphatic rings. The van der Waals surface area contributed by atoms with Crippen LogP contribution in [0.25, 0.3) is 0 Å². The molecular weight excluding hydrogens is 560 g/mol. The van der Waals surface area contributed by atoms with Crippen molar-refractivity contribution in [3.8, 4) is 0 Å². The van der Waals surface area contributed by atoms with Crippen LogP contribution in [-0.2, 0) is 25.2 Å². The molecule has 0 aromatic carbocycles. The van der Waals surface area contributed by atoms with Crippen LogP contribution in [0.5, 0.6) is 0 Å². The molecule has 13 heteroatoms. The minimum Gasteiger partial charge on any atom is -0.356 e. The fourth-order valence-corrected chi connectivity index (χ4v) is 5.22. The minimum atomic E-state index is -4.56. The van der Waals surface area contributed by atoms with Gasteiger partial charge < -0.3 is 15.5 Å². The van der Waals surface area contributed by atoms with Crippen molar-refractivity contribution in [1.82, 2.24) is 19.9 Å². The van der Waals surface area contributed by atoms with Gasteiger partial charge in [-0.05, 0) is 56.4 Å². The summed E-state index contributed by atoms with van der Waals surface area (Å²) in [6.07, 6.45) is -0.136. The lowest BCUT2D eigenvalue weighted by atomic mass is 9.89. The van der Waals surface area contributed by atoms with Crippen LogP contribution in [0.15, 0.2) is 36.7 Å². The molecule has 0 amide bonds. The predicted octanol–water partition coefficient (Wildman–Crippen LogP) is 7.67. The number of halogens is 6. The fourth-order valence-electron chi connectivity index (χ4n) is 5.22. The van der Waals surface area contributed by atoms with Gasteiger partial charge in [0.2, 0.25) is 5.95 Å². The first-order valence-electron chi connectivity index (χ1n) is 14.2. The molecule has 4 rings (SSSR count). The van der Waals surface area contributed by atoms with Crippen molar-refractivity contribution in [3.05, 3.63) is 59.2 Å². The molecule has 3 aromatic heterocycles. The van der Waals surface area contributed by atoms with E-state index in [0.29, 0.717) is 60.6 Å². The molecule has 42 heavy (non-hydrogen) atoms. The summed E-state index contributed by atoms with van der Waals surface area (Å²) in [5.74, 6) is 1.09. The monoisotopic (exact) mass is 595 g/mol. The minimum absolute atomic E-state index is 0.149. The van der Waals surface area contributed by atoms with Crippen LogP contribution in [0.1, 0.15) is 68.5 Å². The van der Waals surface area contributed by atoms with Crippen LogP contribution in [0.3, 0.4) is 0 Å². The van der Waals surface area contributed by atoms with Gasteiger partial charge in [0.05, 0.1) is 23.1 Å². The standard InChI is InChI=1S/C29H35F6N7/c1-3-21-23(14-16-42(4-2)26-22(28(30,31)32)11-8-15-36-26)40-27(38-17-19-9-6-5-7-10-19)41-25(21)39-20-12-13-24(37-18-20)29(33,34)35/h8,11-13,15,18-19H,3-7,9-10,14,16-17H2,1-2H3,(H2,38,39,40,41). The molecule has 1 saturated carbocycles. The Kier molecular flexibility index (Phi) is 10.1. The van der Waals surface area contributed by atoms with Crippen molar-refractivity contribution in [1.29, 1.82) is 0 Å². The van der Waals surface area contributed by atoms with Crippen LogP contribution in [0.4, 0.5) is 49.6 Å². The maximum atomic E-state index is 13.7. The van der Waals surface area contributed by atoms with E-state index < -0.39 is 23.6 Å². The number of nitrogens with one attached hydrogen (secondary N) is 2. The zero-order valence-corrected chi connectivity index (χ0v) is 23.6. The van der Waals surface area contributed by atoms with E-state index in [1.54, 1.807) is 11.8 Å². The average Bonchev–Trinajstić information content (AvgIpc) is 2.96. The number of aromatic nitrogens is 4. The van der Waals surface area contributed by atoms with Gasteiger partial charge in [0.25, 0.3) is 0 Å². The molecule has 0 unspecified atom stereocenters. The molecule has 0 spiro atoms. The lowest BCUT2D eigenvalue weighted by Crippen LogP contribution is -2.29. The molecule has 0 atom stereocenters. The molecule has 3 aromatic rings. The lowest BCUT2D eigenvalue weighted by Gasteiger charge is -2.26. The van der Waals surface area contributed by atoms with Gasteiger partial charge in [0.15, 0.2) is 0 Å². The topological polar surface area (TPSA) is 78.9 Å². The molecule has 228 valence electrons. The molecule has 0 bridgehead atoms. The third-order valence-electron chi connectivity index (χ3n) is 7.43. The van der Waals surface area contributed by atoms with Gasteiger partial charge in [-0.2, -0.15) is 31.3 Å². The molecule has 0 aliphatic heterocycles. The summed E-state index contributed by atoms with van der Waals surface area (Å²) in [4.78, 5) is 18.5. The highest BCUT2D eigenvalue weighted by atomic mass is 19.4. The molecule has 3 heterocycles. The first-order valence-corrected chi connectivity index (χ1v) is 14.2. The second-order valence-electron chi connectivity index (χ2n) is 10.3. The van der Waals surface area contributed by atoms with Gasteiger partial charge in [-0.3, -0.25) is 0 Å². The summed E-state index contributed by atoms with van der Waals surface area (Å²) >= 11 is 0. The van der Waals surface area contributed by atoms with Gasteiger partial charge in [-0.25, -0.2) is 15.0 Å². The predicted molar refractivity (Wildman–Crippen MR) is 150 cm³/mol. The van der Waals surface area contributed by atoms with Crippen LogP contribution >= 0.6 is 0 Å². The number of alkyl halides is 6. The van der Waals surface area contributed by atoms with E-state index in [2.05, 4.69) is 25.6 Å². The summed E-state index contributed by atoms with van der Waals surface area (Å²) in [6.45, 7) is 4.84. The van der Waals surface area contributed by atoms with Crippen molar-refractivity contribution >= 4 is 23.3 Å². The second kappa shape index (κ2) is 13.6. The highest BCUT2D eigenvalue weighted by molar-refractivity contribution is 5.61. The third-order valence-corrected chi connectivity index (χ3v) is 7.43. The van der Waals surface area contributed by atoms with E-state index in [1.807, 2.05) is 6.92 Å². The van der Waals surface area contributed by atoms with E-state index in [1.165, 1.54) is 37.6 Å². The Labute approximate surface area is 241 Å². The first-order chi connectivity index (χ1) is 20.0. The van der Waals surface area contributed by atoms with E-state index in [4.69, 9.17) is 4.98 Å². The summed E-state index contributed by atoms with van der Waals surface area (Å²) in [6, 6.07) is 4.45. The van der Waals surface area contributed by atoms with Crippen molar-refractivity contribution in [3.63, 3.8) is 0 Å². The Morgan fingerprint density at radius 1 is 0.929 bits per heavy atom. The Hall–Kier alpha value is -3.64. The van der Waals surface area contributed by atoms with E-state index in [9.17, 15) is 26.3 Å². The van der Waals surface area contributed by atoms with E-state index in [-0.39, 0.29) is 12.4 Å². The Balaban J connectivity index is 1.63. The normalized spacial score (nSPS) is 14.6. The lowest BCUT2D eigenvalue weighted by molar-refractivity contribution is -0.141. The molecule has 0 saturated heterocycles. The van der Waals surface area contributed by atoms with E-state index >= 15 is 0 Å². The number of rotatable bonds is 11. The number of pyridine rings is 2. The van der Waals surface area contributed by atoms with Crippen molar-refractivity contribution in [2.45, 2.75) is 71.1 Å². The van der Waals surface area contributed by atoms with Crippen molar-refractivity contribution in [2.24, 2.45) is 5.92 Å². The Morgan fingerprint density at radius 3 is 2.31 bits per heavy atom. The number of hydrogen-bond acceptors (Lipinski definition) is 7. The van der Waals surface area contributed by atoms with Crippen molar-refractivity contribution in [2.75, 3.05) is 35.2 Å². The summed E-state index contributed by atoms with van der Waals surface area (Å²) < 4.78 is 80.1. The Morgan fingerprint density at radius 2 is 1.69 bits per heavy atom. The van der Waals surface area contributed by atoms with Gasteiger partial charge in [-0.15, -0.1) is 0 Å². The molecule has 2 N–H and O–H groups in total. The van der Waals surface area contributed by atoms with Gasteiger partial charge in [0, 0.05) is 37.8 Å². The highest BCUT2D eigenvalue weighted by Crippen LogP contribution is 2.35. The smallest absolute Gasteiger partial charge is 0.356 e. The van der Waals surface area contributed by atoms with Gasteiger partial charge in [-0.1, -0.05) is 26.2 Å². The molecule has 1 fully saturated rings. The largest absolute Gasteiger partial charge is 0.433 e. The zero-order valence-electron chi connectivity index (χ0n) is 23.6. The fraction of sp³-hybridized carbons (Fsp3) is 0.517. The maximum absolute atomic E-state index is 13.7. The van der Waals surface area contributed by atoms with E-state index in [0.717, 1.165) is 31.2 Å². The van der Waals surface area contributed by atoms with Crippen LogP contribution in [-0.4, -0.2) is 39.6 Å². The highest BCUT2D eigenvalue weighted by Gasteiger charge is 2.35. The molecular formula is C29H35F6N7. The summed E-state index contributed by atoms with van der Waals surface area (Å²) in [5, 5.41) is 6.41.